The van der Waals surface area contributed by atoms with Crippen LogP contribution in [0.3, 0.4) is 0 Å². The van der Waals surface area contributed by atoms with E-state index in [1.54, 1.807) is 11.7 Å². The van der Waals surface area contributed by atoms with Crippen molar-refractivity contribution in [2.45, 2.75) is 38.6 Å². The molecule has 0 spiro atoms. The van der Waals surface area contributed by atoms with E-state index in [-0.39, 0.29) is 11.4 Å². The monoisotopic (exact) mass is 263 g/mol. The van der Waals surface area contributed by atoms with Crippen LogP contribution < -0.4 is 11.3 Å². The van der Waals surface area contributed by atoms with Gasteiger partial charge in [-0.1, -0.05) is 0 Å². The molecule has 3 N–H and O–H groups in total. The minimum absolute atomic E-state index is 0.135. The number of aromatic nitrogens is 1. The topological polar surface area (TPSA) is 81.1 Å². The summed E-state index contributed by atoms with van der Waals surface area (Å²) in [6.45, 7) is 1.27. The van der Waals surface area contributed by atoms with E-state index < -0.39 is 0 Å². The third-order valence-electron chi connectivity index (χ3n) is 3.62. The number of hydrogen-bond donors (Lipinski definition) is 2. The van der Waals surface area contributed by atoms with E-state index in [4.69, 9.17) is 15.9 Å². The number of fused-ring (bicyclic) bond motifs is 1. The Kier molecular flexibility index (Phi) is 4.37. The molecule has 0 bridgehead atoms. The molecule has 0 aromatic carbocycles. The molecular formula is C14H21N3O2. The summed E-state index contributed by atoms with van der Waals surface area (Å²) in [5, 5.41) is 7.54. The van der Waals surface area contributed by atoms with Crippen LogP contribution in [0, 0.1) is 5.41 Å². The lowest BCUT2D eigenvalue weighted by atomic mass is 9.94. The van der Waals surface area contributed by atoms with Crippen molar-refractivity contribution in [1.29, 1.82) is 5.41 Å². The van der Waals surface area contributed by atoms with Crippen LogP contribution in [0.25, 0.3) is 0 Å². The van der Waals surface area contributed by atoms with Gasteiger partial charge in [-0.05, 0) is 43.7 Å². The zero-order valence-corrected chi connectivity index (χ0v) is 11.4. The van der Waals surface area contributed by atoms with Crippen molar-refractivity contribution in [3.63, 3.8) is 0 Å². The number of hydrogen-bond acceptors (Lipinski definition) is 3. The number of amidine groups is 1. The van der Waals surface area contributed by atoms with Gasteiger partial charge in [0.05, 0.1) is 5.56 Å². The Balaban J connectivity index is 2.44. The number of nitrogen functional groups attached to an aromatic ring is 1. The summed E-state index contributed by atoms with van der Waals surface area (Å²) < 4.78 is 6.84. The smallest absolute Gasteiger partial charge is 0.261 e. The molecule has 0 radical (unpaired) electrons. The Bertz CT molecular complexity index is 534. The highest BCUT2D eigenvalue weighted by molar-refractivity contribution is 5.94. The van der Waals surface area contributed by atoms with Crippen molar-refractivity contribution in [2.24, 2.45) is 5.73 Å². The summed E-state index contributed by atoms with van der Waals surface area (Å²) in [6.07, 6.45) is 4.97. The van der Waals surface area contributed by atoms with Crippen LogP contribution in [0.2, 0.25) is 0 Å². The maximum Gasteiger partial charge on any atom is 0.261 e. The predicted octanol–water partition coefficient (Wildman–Crippen LogP) is 1.05. The molecule has 5 nitrogen and oxygen atoms in total. The van der Waals surface area contributed by atoms with E-state index in [9.17, 15) is 4.79 Å². The fourth-order valence-corrected chi connectivity index (χ4v) is 2.68. The number of aryl methyl sites for hydroxylation is 1. The lowest BCUT2D eigenvalue weighted by Gasteiger charge is -2.22. The molecule has 0 amide bonds. The summed E-state index contributed by atoms with van der Waals surface area (Å²) in [6, 6.07) is 1.81. The van der Waals surface area contributed by atoms with Crippen molar-refractivity contribution in [1.82, 2.24) is 4.57 Å². The Morgan fingerprint density at radius 3 is 2.89 bits per heavy atom. The quantitative estimate of drug-likeness (QED) is 0.473. The van der Waals surface area contributed by atoms with Crippen molar-refractivity contribution < 1.29 is 4.74 Å². The molecule has 0 aliphatic heterocycles. The normalized spacial score (nSPS) is 14.2. The van der Waals surface area contributed by atoms with E-state index in [0.717, 1.165) is 37.8 Å². The Morgan fingerprint density at radius 1 is 1.47 bits per heavy atom. The van der Waals surface area contributed by atoms with Gasteiger partial charge in [-0.3, -0.25) is 10.2 Å². The van der Waals surface area contributed by atoms with E-state index in [0.29, 0.717) is 18.7 Å². The molecule has 0 saturated carbocycles. The van der Waals surface area contributed by atoms with Gasteiger partial charge in [0.1, 0.15) is 5.84 Å². The molecule has 1 aromatic rings. The van der Waals surface area contributed by atoms with Gasteiger partial charge in [-0.15, -0.1) is 0 Å². The zero-order valence-electron chi connectivity index (χ0n) is 11.4. The van der Waals surface area contributed by atoms with Crippen LogP contribution >= 0.6 is 0 Å². The van der Waals surface area contributed by atoms with E-state index in [1.165, 1.54) is 5.56 Å². The molecule has 1 aliphatic rings. The first-order valence-corrected chi connectivity index (χ1v) is 6.74. The summed E-state index contributed by atoms with van der Waals surface area (Å²) >= 11 is 0. The second-order valence-corrected chi connectivity index (χ2v) is 4.95. The van der Waals surface area contributed by atoms with Gasteiger partial charge in [0.25, 0.3) is 5.56 Å². The highest BCUT2D eigenvalue weighted by atomic mass is 16.5. The third-order valence-corrected chi connectivity index (χ3v) is 3.62. The average molecular weight is 263 g/mol. The van der Waals surface area contributed by atoms with Crippen molar-refractivity contribution in [2.75, 3.05) is 13.7 Å². The number of nitrogens with one attached hydrogen (secondary N) is 1. The largest absolute Gasteiger partial charge is 0.385 e. The molecule has 104 valence electrons. The summed E-state index contributed by atoms with van der Waals surface area (Å²) in [4.78, 5) is 12.4. The molecule has 2 rings (SSSR count). The SMILES string of the molecule is COCCCn1c2c(cc(C(=N)N)c1=O)CCCC2. The summed E-state index contributed by atoms with van der Waals surface area (Å²) in [5.74, 6) is -0.140. The van der Waals surface area contributed by atoms with Crippen LogP contribution in [0.5, 0.6) is 0 Å². The van der Waals surface area contributed by atoms with E-state index >= 15 is 0 Å². The van der Waals surface area contributed by atoms with Crippen LogP contribution in [-0.4, -0.2) is 24.1 Å². The van der Waals surface area contributed by atoms with Crippen LogP contribution in [0.1, 0.15) is 36.1 Å². The first-order chi connectivity index (χ1) is 9.15. The predicted molar refractivity (Wildman–Crippen MR) is 74.9 cm³/mol. The Hall–Kier alpha value is -1.62. The fourth-order valence-electron chi connectivity index (χ4n) is 2.68. The molecule has 19 heavy (non-hydrogen) atoms. The number of pyridine rings is 1. The molecular weight excluding hydrogens is 242 g/mol. The van der Waals surface area contributed by atoms with Gasteiger partial charge >= 0.3 is 0 Å². The van der Waals surface area contributed by atoms with Gasteiger partial charge in [-0.25, -0.2) is 0 Å². The first kappa shape index (κ1) is 13.8. The molecule has 0 saturated heterocycles. The highest BCUT2D eigenvalue weighted by Gasteiger charge is 2.18. The zero-order chi connectivity index (χ0) is 13.8. The van der Waals surface area contributed by atoms with Gasteiger partial charge in [-0.2, -0.15) is 0 Å². The van der Waals surface area contributed by atoms with Crippen LogP contribution in [-0.2, 0) is 24.1 Å². The number of ether oxygens (including phenoxy) is 1. The molecule has 1 aliphatic carbocycles. The standard InChI is InChI=1S/C14H21N3O2/c1-19-8-4-7-17-12-6-3-2-5-10(12)9-11(13(15)16)14(17)18/h9H,2-8H2,1H3,(H3,15,16). The molecule has 0 fully saturated rings. The Labute approximate surface area is 112 Å². The third kappa shape index (κ3) is 2.87. The molecule has 1 aromatic heterocycles. The summed E-state index contributed by atoms with van der Waals surface area (Å²) in [7, 11) is 1.66. The summed E-state index contributed by atoms with van der Waals surface area (Å²) in [5.41, 5.74) is 8.01. The molecule has 1 heterocycles. The van der Waals surface area contributed by atoms with Crippen molar-refractivity contribution in [3.8, 4) is 0 Å². The fraction of sp³-hybridized carbons (Fsp3) is 0.571. The first-order valence-electron chi connectivity index (χ1n) is 6.74. The minimum Gasteiger partial charge on any atom is -0.385 e. The van der Waals surface area contributed by atoms with Crippen molar-refractivity contribution in [3.05, 3.63) is 33.2 Å². The van der Waals surface area contributed by atoms with Crippen LogP contribution in [0.4, 0.5) is 0 Å². The van der Waals surface area contributed by atoms with Gasteiger partial charge < -0.3 is 15.0 Å². The number of nitrogens with two attached hydrogens (primary N) is 1. The van der Waals surface area contributed by atoms with Gasteiger partial charge in [0.15, 0.2) is 0 Å². The number of rotatable bonds is 5. The Morgan fingerprint density at radius 2 is 2.21 bits per heavy atom. The lowest BCUT2D eigenvalue weighted by Crippen LogP contribution is -2.34. The molecule has 5 heteroatoms. The van der Waals surface area contributed by atoms with Gasteiger partial charge in [0.2, 0.25) is 0 Å². The van der Waals surface area contributed by atoms with Crippen molar-refractivity contribution >= 4 is 5.84 Å². The van der Waals surface area contributed by atoms with E-state index in [1.807, 2.05) is 6.07 Å². The number of methoxy groups -OCH3 is 1. The maximum absolute atomic E-state index is 12.4. The maximum atomic E-state index is 12.4. The van der Waals surface area contributed by atoms with E-state index in [2.05, 4.69) is 0 Å². The number of nitrogens with zero attached hydrogens (tertiary/aromatic N) is 1. The highest BCUT2D eigenvalue weighted by Crippen LogP contribution is 2.21. The second kappa shape index (κ2) is 6.02. The lowest BCUT2D eigenvalue weighted by molar-refractivity contribution is 0.189. The second-order valence-electron chi connectivity index (χ2n) is 4.95. The van der Waals surface area contributed by atoms with Crippen LogP contribution in [0.15, 0.2) is 10.9 Å². The molecule has 0 unspecified atom stereocenters. The minimum atomic E-state index is -0.140. The average Bonchev–Trinajstić information content (AvgIpc) is 2.40. The molecule has 0 atom stereocenters. The van der Waals surface area contributed by atoms with Gasteiger partial charge in [0, 0.05) is 26.0 Å².